The molecule has 0 atom stereocenters. The number of allylic oxidation sites excluding steroid dienone is 1. The molecule has 0 heterocycles. The largest absolute Gasteiger partial charge is 0.506 e. The van der Waals surface area contributed by atoms with E-state index in [0.717, 1.165) is 0 Å². The van der Waals surface area contributed by atoms with E-state index in [2.05, 4.69) is 4.99 Å². The fourth-order valence-electron chi connectivity index (χ4n) is 2.33. The van der Waals surface area contributed by atoms with Gasteiger partial charge in [-0.3, -0.25) is 4.79 Å². The van der Waals surface area contributed by atoms with Crippen molar-refractivity contribution >= 4 is 34.5 Å². The molecule has 0 saturated heterocycles. The first kappa shape index (κ1) is 14.8. The van der Waals surface area contributed by atoms with Crippen LogP contribution in [0.3, 0.4) is 0 Å². The molecule has 0 saturated carbocycles. The number of aliphatic imine (C=N–C) groups is 1. The number of phenolic OH excluding ortho intramolecular Hbond substituents is 1. The van der Waals surface area contributed by atoms with E-state index in [4.69, 9.17) is 11.6 Å². The number of halogens is 1. The van der Waals surface area contributed by atoms with Crippen molar-refractivity contribution in [1.29, 1.82) is 5.26 Å². The predicted molar refractivity (Wildman–Crippen MR) is 86.1 cm³/mol. The number of carbonyl (C=O) groups excluding carboxylic acids is 1. The van der Waals surface area contributed by atoms with E-state index in [-0.39, 0.29) is 28.5 Å². The van der Waals surface area contributed by atoms with Gasteiger partial charge in [-0.1, -0.05) is 35.9 Å². The number of hydrogen-bond donors (Lipinski definition) is 2. The molecule has 0 spiro atoms. The van der Waals surface area contributed by atoms with Crippen molar-refractivity contribution in [3.63, 3.8) is 0 Å². The summed E-state index contributed by atoms with van der Waals surface area (Å²) in [5.74, 6) is -0.975. The van der Waals surface area contributed by atoms with Gasteiger partial charge in [-0.15, -0.1) is 0 Å². The summed E-state index contributed by atoms with van der Waals surface area (Å²) in [5.41, 5.74) is 0.219. The minimum Gasteiger partial charge on any atom is -0.506 e. The third kappa shape index (κ3) is 2.45. The van der Waals surface area contributed by atoms with Crippen LogP contribution >= 0.6 is 11.6 Å². The molecule has 0 unspecified atom stereocenters. The van der Waals surface area contributed by atoms with E-state index in [1.807, 2.05) is 0 Å². The van der Waals surface area contributed by atoms with Crippen LogP contribution in [0, 0.1) is 11.3 Å². The normalized spacial score (nSPS) is 13.9. The number of aromatic hydroxyl groups is 1. The van der Waals surface area contributed by atoms with E-state index < -0.39 is 5.78 Å². The van der Waals surface area contributed by atoms with Crippen molar-refractivity contribution < 1.29 is 15.0 Å². The number of benzene rings is 2. The summed E-state index contributed by atoms with van der Waals surface area (Å²) >= 11 is 5.84. The van der Waals surface area contributed by atoms with Crippen LogP contribution in [-0.4, -0.2) is 21.7 Å². The lowest BCUT2D eigenvalue weighted by Gasteiger charge is -2.02. The lowest BCUT2D eigenvalue weighted by molar-refractivity contribution is 0.104. The van der Waals surface area contributed by atoms with Crippen LogP contribution in [0.25, 0.3) is 5.76 Å². The highest BCUT2D eigenvalue weighted by Crippen LogP contribution is 2.34. The average molecular weight is 325 g/mol. The molecule has 23 heavy (non-hydrogen) atoms. The van der Waals surface area contributed by atoms with Gasteiger partial charge < -0.3 is 10.2 Å². The van der Waals surface area contributed by atoms with Crippen LogP contribution in [0.4, 0.5) is 5.69 Å². The number of Topliss-reactive ketones (excluding diaryl/α,β-unsaturated/α-hetero) is 1. The van der Waals surface area contributed by atoms with Crippen molar-refractivity contribution in [2.45, 2.75) is 0 Å². The number of carbonyl (C=O) groups is 1. The van der Waals surface area contributed by atoms with E-state index in [0.29, 0.717) is 16.1 Å². The Morgan fingerprint density at radius 3 is 2.48 bits per heavy atom. The molecule has 0 amide bonds. The third-order valence-corrected chi connectivity index (χ3v) is 3.64. The van der Waals surface area contributed by atoms with Crippen LogP contribution in [0.5, 0.6) is 5.75 Å². The van der Waals surface area contributed by atoms with Gasteiger partial charge in [-0.2, -0.15) is 5.26 Å². The van der Waals surface area contributed by atoms with Crippen LogP contribution in [-0.2, 0) is 0 Å². The monoisotopic (exact) mass is 324 g/mol. The minimum absolute atomic E-state index is 0.0399. The molecular formula is C17H9ClN2O3. The maximum Gasteiger partial charge on any atom is 0.200 e. The van der Waals surface area contributed by atoms with Gasteiger partial charge in [0.05, 0.1) is 0 Å². The maximum absolute atomic E-state index is 12.4. The Labute approximate surface area is 136 Å². The highest BCUT2D eigenvalue weighted by molar-refractivity contribution is 6.39. The van der Waals surface area contributed by atoms with E-state index in [9.17, 15) is 20.3 Å². The van der Waals surface area contributed by atoms with Gasteiger partial charge in [0.25, 0.3) is 0 Å². The molecule has 6 heteroatoms. The number of fused-ring (bicyclic) bond motifs is 1. The van der Waals surface area contributed by atoms with Gasteiger partial charge >= 0.3 is 0 Å². The Kier molecular flexibility index (Phi) is 3.61. The highest BCUT2D eigenvalue weighted by Gasteiger charge is 2.32. The molecule has 0 fully saturated rings. The lowest BCUT2D eigenvalue weighted by atomic mass is 10.1. The van der Waals surface area contributed by atoms with Crippen LogP contribution in [0.15, 0.2) is 53.0 Å². The second-order valence-corrected chi connectivity index (χ2v) is 5.24. The Morgan fingerprint density at radius 2 is 1.83 bits per heavy atom. The van der Waals surface area contributed by atoms with Crippen LogP contribution in [0.2, 0.25) is 5.02 Å². The molecule has 0 aromatic heterocycles. The first-order valence-corrected chi connectivity index (χ1v) is 6.95. The Morgan fingerprint density at radius 1 is 1.13 bits per heavy atom. The van der Waals surface area contributed by atoms with Gasteiger partial charge in [0.15, 0.2) is 11.5 Å². The van der Waals surface area contributed by atoms with Crippen molar-refractivity contribution in [3.05, 3.63) is 64.2 Å². The van der Waals surface area contributed by atoms with Gasteiger partial charge in [0.1, 0.15) is 28.8 Å². The fraction of sp³-hybridized carbons (Fsp3) is 0. The Balaban J connectivity index is 2.15. The van der Waals surface area contributed by atoms with Gasteiger partial charge in [-0.05, 0) is 18.2 Å². The van der Waals surface area contributed by atoms with Crippen molar-refractivity contribution in [2.24, 2.45) is 4.99 Å². The summed E-state index contributed by atoms with van der Waals surface area (Å²) in [4.78, 5) is 16.4. The molecule has 1 aliphatic rings. The number of nitrogens with zero attached hydrogens (tertiary/aromatic N) is 2. The summed E-state index contributed by atoms with van der Waals surface area (Å²) in [6.07, 6.45) is 0. The molecule has 5 nitrogen and oxygen atoms in total. The molecule has 2 N–H and O–H groups in total. The van der Waals surface area contributed by atoms with Gasteiger partial charge in [0.2, 0.25) is 0 Å². The Hall–Kier alpha value is -3.10. The van der Waals surface area contributed by atoms with Crippen LogP contribution < -0.4 is 0 Å². The standard InChI is InChI=1S/C17H9ClN2O3/c18-9-5-6-14(21)12(7-9)20-13(8-19)15-16(22)10-3-1-2-4-11(10)17(15)23/h1-7,21-22H. The third-order valence-electron chi connectivity index (χ3n) is 3.40. The fourth-order valence-corrected chi connectivity index (χ4v) is 2.49. The summed E-state index contributed by atoms with van der Waals surface area (Å²) in [7, 11) is 0. The molecule has 0 bridgehead atoms. The van der Waals surface area contributed by atoms with Gasteiger partial charge in [-0.25, -0.2) is 4.99 Å². The summed E-state index contributed by atoms with van der Waals surface area (Å²) < 4.78 is 0. The van der Waals surface area contributed by atoms with Crippen LogP contribution in [0.1, 0.15) is 15.9 Å². The zero-order chi connectivity index (χ0) is 16.6. The SMILES string of the molecule is N#CC(=Nc1cc(Cl)ccc1O)C1=C(O)c2ccccc2C1=O. The number of hydrogen-bond acceptors (Lipinski definition) is 5. The van der Waals surface area contributed by atoms with Gasteiger partial charge in [0, 0.05) is 16.1 Å². The zero-order valence-corrected chi connectivity index (χ0v) is 12.4. The van der Waals surface area contributed by atoms with Crippen molar-refractivity contribution in [3.8, 4) is 11.8 Å². The lowest BCUT2D eigenvalue weighted by Crippen LogP contribution is -2.08. The number of rotatable bonds is 2. The smallest absolute Gasteiger partial charge is 0.200 e. The average Bonchev–Trinajstić information content (AvgIpc) is 2.80. The number of ketones is 1. The molecule has 2 aromatic carbocycles. The summed E-state index contributed by atoms with van der Waals surface area (Å²) in [5, 5.41) is 29.7. The van der Waals surface area contributed by atoms with Crippen molar-refractivity contribution in [2.75, 3.05) is 0 Å². The quantitative estimate of drug-likeness (QED) is 0.821. The topological polar surface area (TPSA) is 93.7 Å². The second-order valence-electron chi connectivity index (χ2n) is 4.80. The van der Waals surface area contributed by atoms with Crippen molar-refractivity contribution in [1.82, 2.24) is 0 Å². The number of aliphatic hydroxyl groups is 1. The molecule has 0 aliphatic heterocycles. The van der Waals surface area contributed by atoms with E-state index in [1.54, 1.807) is 30.3 Å². The molecular weight excluding hydrogens is 316 g/mol. The molecule has 2 aromatic rings. The molecule has 3 rings (SSSR count). The van der Waals surface area contributed by atoms with E-state index in [1.165, 1.54) is 18.2 Å². The zero-order valence-electron chi connectivity index (χ0n) is 11.6. The molecule has 0 radical (unpaired) electrons. The predicted octanol–water partition coefficient (Wildman–Crippen LogP) is 3.81. The number of aliphatic hydroxyl groups excluding tert-OH is 1. The Bertz CT molecular complexity index is 939. The highest BCUT2D eigenvalue weighted by atomic mass is 35.5. The summed E-state index contributed by atoms with van der Waals surface area (Å²) in [6, 6.07) is 12.4. The first-order chi connectivity index (χ1) is 11.0. The number of phenols is 1. The molecule has 1 aliphatic carbocycles. The first-order valence-electron chi connectivity index (χ1n) is 6.58. The number of nitriles is 1. The second kappa shape index (κ2) is 5.59. The van der Waals surface area contributed by atoms with E-state index >= 15 is 0 Å². The summed E-state index contributed by atoms with van der Waals surface area (Å²) in [6.45, 7) is 0. The molecule has 112 valence electrons. The minimum atomic E-state index is -0.486. The maximum atomic E-state index is 12.4.